The molecule has 0 aliphatic carbocycles. The van der Waals surface area contributed by atoms with Crippen LogP contribution < -0.4 is 4.81 Å². The van der Waals surface area contributed by atoms with Crippen molar-refractivity contribution in [2.75, 3.05) is 17.9 Å². The maximum Gasteiger partial charge on any atom is 0.353 e. The number of hydrogen-bond acceptors (Lipinski definition) is 3. The Kier molecular flexibility index (Phi) is 5.31. The Balaban J connectivity index is 0.00000162. The van der Waals surface area contributed by atoms with E-state index >= 15 is 0 Å². The predicted molar refractivity (Wildman–Crippen MR) is 65.4 cm³/mol. The minimum Gasteiger partial charge on any atom is -0.389 e. The summed E-state index contributed by atoms with van der Waals surface area (Å²) in [6, 6.07) is 1.92. The first kappa shape index (κ1) is 15.1. The molecule has 2 rings (SSSR count). The molecule has 1 aromatic rings. The van der Waals surface area contributed by atoms with Crippen LogP contribution in [0.4, 0.5) is 15.9 Å². The number of aromatic nitrogens is 1. The van der Waals surface area contributed by atoms with Crippen molar-refractivity contribution < 1.29 is 25.5 Å². The zero-order valence-electron chi connectivity index (χ0n) is 10.2. The molecule has 0 atom stereocenters. The van der Waals surface area contributed by atoms with Gasteiger partial charge in [-0.1, -0.05) is 13.8 Å². The summed E-state index contributed by atoms with van der Waals surface area (Å²) in [5, 5.41) is 0. The first-order valence-corrected chi connectivity index (χ1v) is 5.52. The fourth-order valence-electron chi connectivity index (χ4n) is 1.74. The Morgan fingerprint density at radius 2 is 2.22 bits per heavy atom. The molecule has 1 aliphatic rings. The van der Waals surface area contributed by atoms with Gasteiger partial charge >= 0.3 is 7.55 Å². The molecule has 1 radical (unpaired) electrons. The van der Waals surface area contributed by atoms with E-state index in [0.717, 1.165) is 19.3 Å². The standard InChI is InChI=1S/C11H13BFN4.Pt/c1-8(2)16-4-5-17(12-16)11-6-10(14-3)9(13)7-15-11;/h6-8H,4-5H2,1-2H3;. The van der Waals surface area contributed by atoms with Gasteiger partial charge in [0.15, 0.2) is 0 Å². The van der Waals surface area contributed by atoms with Gasteiger partial charge in [0.1, 0.15) is 11.6 Å². The number of rotatable bonds is 2. The third kappa shape index (κ3) is 3.10. The Morgan fingerprint density at radius 3 is 2.78 bits per heavy atom. The average molecular weight is 426 g/mol. The fraction of sp³-hybridized carbons (Fsp3) is 0.455. The number of hydrogen-bond donors (Lipinski definition) is 0. The van der Waals surface area contributed by atoms with Gasteiger partial charge in [0.25, 0.3) is 0 Å². The van der Waals surface area contributed by atoms with Crippen molar-refractivity contribution in [3.8, 4) is 0 Å². The Labute approximate surface area is 122 Å². The van der Waals surface area contributed by atoms with Gasteiger partial charge in [-0.2, -0.15) is 0 Å². The second-order valence-electron chi connectivity index (χ2n) is 4.25. The summed E-state index contributed by atoms with van der Waals surface area (Å²) in [6.45, 7) is 12.8. The average Bonchev–Trinajstić information content (AvgIpc) is 2.79. The van der Waals surface area contributed by atoms with E-state index in [9.17, 15) is 4.39 Å². The molecular formula is C11H13BFN4Pt. The second-order valence-corrected chi connectivity index (χ2v) is 4.25. The third-order valence-corrected chi connectivity index (χ3v) is 2.79. The van der Waals surface area contributed by atoms with Gasteiger partial charge in [-0.3, -0.25) is 0 Å². The van der Waals surface area contributed by atoms with Crippen LogP contribution >= 0.6 is 0 Å². The summed E-state index contributed by atoms with van der Waals surface area (Å²) >= 11 is 0. The summed E-state index contributed by atoms with van der Waals surface area (Å²) < 4.78 is 13.1. The summed E-state index contributed by atoms with van der Waals surface area (Å²) in [4.78, 5) is 11.3. The molecule has 0 bridgehead atoms. The van der Waals surface area contributed by atoms with Crippen LogP contribution in [0.15, 0.2) is 12.3 Å². The molecule has 1 aromatic heterocycles. The molecule has 0 aromatic carbocycles. The topological polar surface area (TPSA) is 23.7 Å². The molecule has 0 spiro atoms. The Bertz CT molecular complexity index is 463. The van der Waals surface area contributed by atoms with Crippen LogP contribution in [0, 0.1) is 12.4 Å². The van der Waals surface area contributed by atoms with Crippen molar-refractivity contribution in [1.29, 1.82) is 0 Å². The number of nitrogens with zero attached hydrogens (tertiary/aromatic N) is 4. The molecule has 1 fully saturated rings. The SMILES string of the molecule is [C-]#[N+]c1cc(N2[B]N(C(C)C)CC2)ncc1F.[Pt]. The molecule has 4 nitrogen and oxygen atoms in total. The van der Waals surface area contributed by atoms with E-state index < -0.39 is 5.82 Å². The maximum atomic E-state index is 13.1. The minimum absolute atomic E-state index is 0. The number of pyridine rings is 1. The van der Waals surface area contributed by atoms with Crippen LogP contribution in [0.3, 0.4) is 0 Å². The minimum atomic E-state index is -0.566. The van der Waals surface area contributed by atoms with E-state index in [4.69, 9.17) is 6.57 Å². The van der Waals surface area contributed by atoms with Crippen LogP contribution in [0.2, 0.25) is 0 Å². The summed E-state index contributed by atoms with van der Waals surface area (Å²) in [6.07, 6.45) is 1.11. The zero-order chi connectivity index (χ0) is 12.4. The zero-order valence-corrected chi connectivity index (χ0v) is 12.5. The summed E-state index contributed by atoms with van der Waals surface area (Å²) in [5.41, 5.74) is 0.0198. The number of halogens is 1. The van der Waals surface area contributed by atoms with Crippen LogP contribution in [-0.4, -0.2) is 36.5 Å². The van der Waals surface area contributed by atoms with Gasteiger partial charge in [-0.05, 0) is 12.1 Å². The molecule has 1 saturated heterocycles. The van der Waals surface area contributed by atoms with E-state index in [1.54, 1.807) is 0 Å². The van der Waals surface area contributed by atoms with Gasteiger partial charge < -0.3 is 9.62 Å². The smallest absolute Gasteiger partial charge is 0.353 e. The molecule has 1 aliphatic heterocycles. The maximum absolute atomic E-state index is 13.1. The Morgan fingerprint density at radius 1 is 1.50 bits per heavy atom. The van der Waals surface area contributed by atoms with Crippen LogP contribution in [0.1, 0.15) is 13.8 Å². The van der Waals surface area contributed by atoms with Crippen LogP contribution in [-0.2, 0) is 21.1 Å². The van der Waals surface area contributed by atoms with E-state index in [2.05, 4.69) is 28.5 Å². The molecule has 7 heteroatoms. The molecule has 0 amide bonds. The molecule has 2 heterocycles. The molecule has 0 N–H and O–H groups in total. The second kappa shape index (κ2) is 6.31. The van der Waals surface area contributed by atoms with Gasteiger partial charge in [0.05, 0.1) is 12.8 Å². The van der Waals surface area contributed by atoms with Crippen molar-refractivity contribution in [3.05, 3.63) is 29.5 Å². The van der Waals surface area contributed by atoms with E-state index in [-0.39, 0.29) is 26.8 Å². The van der Waals surface area contributed by atoms with Gasteiger partial charge in [0.2, 0.25) is 5.69 Å². The van der Waals surface area contributed by atoms with Gasteiger partial charge in [-0.25, -0.2) is 14.2 Å². The summed E-state index contributed by atoms with van der Waals surface area (Å²) in [7, 11) is 1.97. The first-order chi connectivity index (χ1) is 8.11. The van der Waals surface area contributed by atoms with Gasteiger partial charge in [-0.15, -0.1) is 0 Å². The van der Waals surface area contributed by atoms with Crippen LogP contribution in [0.5, 0.6) is 0 Å². The monoisotopic (exact) mass is 426 g/mol. The molecule has 97 valence electrons. The predicted octanol–water partition coefficient (Wildman–Crippen LogP) is 1.83. The molecule has 18 heavy (non-hydrogen) atoms. The van der Waals surface area contributed by atoms with Crippen molar-refractivity contribution in [2.45, 2.75) is 19.9 Å². The van der Waals surface area contributed by atoms with Crippen molar-refractivity contribution in [1.82, 2.24) is 9.79 Å². The van der Waals surface area contributed by atoms with Crippen LogP contribution in [0.25, 0.3) is 4.85 Å². The van der Waals surface area contributed by atoms with E-state index in [0.29, 0.717) is 11.9 Å². The molecule has 0 saturated carbocycles. The van der Waals surface area contributed by atoms with Crippen molar-refractivity contribution in [2.24, 2.45) is 0 Å². The first-order valence-electron chi connectivity index (χ1n) is 5.52. The normalized spacial score (nSPS) is 15.2. The Hall–Kier alpha value is -0.917. The van der Waals surface area contributed by atoms with Crippen molar-refractivity contribution in [3.63, 3.8) is 0 Å². The van der Waals surface area contributed by atoms with Crippen molar-refractivity contribution >= 4 is 19.1 Å². The van der Waals surface area contributed by atoms with Gasteiger partial charge in [0, 0.05) is 34.2 Å². The van der Waals surface area contributed by atoms with E-state index in [1.807, 2.05) is 12.4 Å². The quantitative estimate of drug-likeness (QED) is 0.533. The third-order valence-electron chi connectivity index (χ3n) is 2.79. The number of anilines is 1. The largest absolute Gasteiger partial charge is 0.389 e. The van der Waals surface area contributed by atoms with E-state index in [1.165, 1.54) is 6.07 Å². The fourth-order valence-corrected chi connectivity index (χ4v) is 1.74. The molecular weight excluding hydrogens is 413 g/mol. The molecule has 0 unspecified atom stereocenters. The summed E-state index contributed by atoms with van der Waals surface area (Å²) in [5.74, 6) is 0.0595.